The molecular formula is C27H29ClN4O5. The molecule has 4 N–H and O–H groups in total. The Hall–Kier alpha value is -3.82. The summed E-state index contributed by atoms with van der Waals surface area (Å²) in [7, 11) is 1.69. The SMILES string of the molecule is CNC(=O)N1CC(CCN2CC=C(c3c[nH]c4cc(Cl)ccc34)CC2)c2ccccc21.O=C(O)C(=O)O. The Kier molecular flexibility index (Phi) is 8.15. The van der Waals surface area contributed by atoms with Crippen LogP contribution in [0.3, 0.4) is 0 Å². The van der Waals surface area contributed by atoms with E-state index in [0.717, 1.165) is 55.2 Å². The van der Waals surface area contributed by atoms with Crippen LogP contribution in [0.5, 0.6) is 0 Å². The zero-order valence-electron chi connectivity index (χ0n) is 20.4. The number of amides is 2. The van der Waals surface area contributed by atoms with Gasteiger partial charge in [0.1, 0.15) is 0 Å². The summed E-state index contributed by atoms with van der Waals surface area (Å²) in [5, 5.41) is 19.5. The number of hydrogen-bond acceptors (Lipinski definition) is 4. The number of carbonyl (C=O) groups is 3. The van der Waals surface area contributed by atoms with Crippen molar-refractivity contribution in [3.63, 3.8) is 0 Å². The van der Waals surface area contributed by atoms with Crippen LogP contribution >= 0.6 is 11.6 Å². The van der Waals surface area contributed by atoms with E-state index < -0.39 is 11.9 Å². The van der Waals surface area contributed by atoms with Crippen LogP contribution in [0, 0.1) is 0 Å². The van der Waals surface area contributed by atoms with Crippen molar-refractivity contribution < 1.29 is 24.6 Å². The highest BCUT2D eigenvalue weighted by Crippen LogP contribution is 2.38. The third-order valence-corrected chi connectivity index (χ3v) is 7.02. The smallest absolute Gasteiger partial charge is 0.414 e. The molecule has 3 heterocycles. The molecule has 2 aliphatic heterocycles. The summed E-state index contributed by atoms with van der Waals surface area (Å²) in [5.41, 5.74) is 6.12. The van der Waals surface area contributed by atoms with Crippen LogP contribution in [-0.2, 0) is 9.59 Å². The van der Waals surface area contributed by atoms with E-state index in [0.29, 0.717) is 5.92 Å². The Labute approximate surface area is 219 Å². The molecule has 0 bridgehead atoms. The van der Waals surface area contributed by atoms with Gasteiger partial charge in [0.05, 0.1) is 0 Å². The Morgan fingerprint density at radius 3 is 2.57 bits per heavy atom. The van der Waals surface area contributed by atoms with Gasteiger partial charge in [0, 0.05) is 66.0 Å². The number of benzene rings is 2. The second kappa shape index (κ2) is 11.5. The highest BCUT2D eigenvalue weighted by Gasteiger charge is 2.31. The molecule has 2 aromatic carbocycles. The maximum Gasteiger partial charge on any atom is 0.414 e. The monoisotopic (exact) mass is 524 g/mol. The van der Waals surface area contributed by atoms with E-state index in [1.165, 1.54) is 22.1 Å². The lowest BCUT2D eigenvalue weighted by atomic mass is 9.96. The van der Waals surface area contributed by atoms with Crippen molar-refractivity contribution in [3.8, 4) is 0 Å². The zero-order chi connectivity index (χ0) is 26.5. The number of anilines is 1. The van der Waals surface area contributed by atoms with E-state index in [2.05, 4.69) is 51.7 Å². The first kappa shape index (κ1) is 26.2. The molecule has 0 aliphatic carbocycles. The third-order valence-electron chi connectivity index (χ3n) is 6.79. The number of rotatable bonds is 4. The number of urea groups is 1. The second-order valence-corrected chi connectivity index (χ2v) is 9.43. The molecule has 9 nitrogen and oxygen atoms in total. The predicted octanol–water partition coefficient (Wildman–Crippen LogP) is 4.40. The van der Waals surface area contributed by atoms with Gasteiger partial charge in [-0.25, -0.2) is 14.4 Å². The van der Waals surface area contributed by atoms with Gasteiger partial charge in [0.15, 0.2) is 0 Å². The Bertz CT molecular complexity index is 1340. The summed E-state index contributed by atoms with van der Waals surface area (Å²) in [6, 6.07) is 14.3. The van der Waals surface area contributed by atoms with Gasteiger partial charge < -0.3 is 20.5 Å². The molecular weight excluding hydrogens is 496 g/mol. The fourth-order valence-electron chi connectivity index (χ4n) is 4.93. The van der Waals surface area contributed by atoms with E-state index in [1.54, 1.807) is 7.05 Å². The lowest BCUT2D eigenvalue weighted by Crippen LogP contribution is -2.37. The molecule has 0 radical (unpaired) electrons. The average molecular weight is 525 g/mol. The van der Waals surface area contributed by atoms with E-state index in [4.69, 9.17) is 31.4 Å². The largest absolute Gasteiger partial charge is 0.473 e. The summed E-state index contributed by atoms with van der Waals surface area (Å²) in [6.45, 7) is 3.81. The molecule has 3 aromatic rings. The molecule has 2 amide bonds. The van der Waals surface area contributed by atoms with Crippen LogP contribution in [0.4, 0.5) is 10.5 Å². The van der Waals surface area contributed by atoms with Gasteiger partial charge in [-0.1, -0.05) is 41.9 Å². The minimum absolute atomic E-state index is 0.0273. The van der Waals surface area contributed by atoms with E-state index in [-0.39, 0.29) is 6.03 Å². The first-order valence-electron chi connectivity index (χ1n) is 12.0. The van der Waals surface area contributed by atoms with Gasteiger partial charge in [-0.3, -0.25) is 9.80 Å². The fourth-order valence-corrected chi connectivity index (χ4v) is 5.10. The lowest BCUT2D eigenvalue weighted by molar-refractivity contribution is -0.159. The van der Waals surface area contributed by atoms with Crippen molar-refractivity contribution in [2.24, 2.45) is 0 Å². The number of hydrogen-bond donors (Lipinski definition) is 4. The van der Waals surface area contributed by atoms with Gasteiger partial charge >= 0.3 is 18.0 Å². The number of fused-ring (bicyclic) bond motifs is 2. The highest BCUT2D eigenvalue weighted by molar-refractivity contribution is 6.31. The number of nitrogens with one attached hydrogen (secondary N) is 2. The number of aromatic nitrogens is 1. The average Bonchev–Trinajstić information content (AvgIpc) is 3.49. The molecule has 5 rings (SSSR count). The number of carboxylic acid groups (broad SMARTS) is 2. The number of para-hydroxylation sites is 1. The molecule has 10 heteroatoms. The molecule has 194 valence electrons. The number of halogens is 1. The van der Waals surface area contributed by atoms with Crippen molar-refractivity contribution in [3.05, 3.63) is 70.9 Å². The number of carboxylic acids is 2. The van der Waals surface area contributed by atoms with Gasteiger partial charge in [-0.05, 0) is 48.7 Å². The number of aliphatic carboxylic acids is 2. The zero-order valence-corrected chi connectivity index (χ0v) is 21.2. The standard InChI is InChI=1S/C25H27ClN4O.C2H2O4/c1-27-25(31)30-16-18(20-4-2-3-5-24(20)30)10-13-29-11-8-17(9-12-29)22-15-28-23-14-19(26)6-7-21(22)23;3-1(4)2(5)6/h2-8,14-15,18,28H,9-13,16H2,1H3,(H,27,31);(H,3,4)(H,5,6). The molecule has 1 aromatic heterocycles. The molecule has 0 fully saturated rings. The number of aromatic amines is 1. The number of carbonyl (C=O) groups excluding carboxylic acids is 1. The quantitative estimate of drug-likeness (QED) is 0.375. The first-order chi connectivity index (χ1) is 17.8. The topological polar surface area (TPSA) is 126 Å². The minimum atomic E-state index is -1.82. The van der Waals surface area contributed by atoms with Crippen LogP contribution in [0.1, 0.15) is 29.9 Å². The van der Waals surface area contributed by atoms with Gasteiger partial charge in [-0.15, -0.1) is 0 Å². The van der Waals surface area contributed by atoms with Crippen molar-refractivity contribution in [1.29, 1.82) is 0 Å². The lowest BCUT2D eigenvalue weighted by Gasteiger charge is -2.27. The van der Waals surface area contributed by atoms with Crippen molar-refractivity contribution in [2.75, 3.05) is 38.1 Å². The summed E-state index contributed by atoms with van der Waals surface area (Å²) in [4.78, 5) is 38.2. The molecule has 2 aliphatic rings. The maximum atomic E-state index is 12.3. The van der Waals surface area contributed by atoms with Crippen molar-refractivity contribution in [2.45, 2.75) is 18.8 Å². The maximum absolute atomic E-state index is 12.3. The summed E-state index contributed by atoms with van der Waals surface area (Å²) < 4.78 is 0. The first-order valence-corrected chi connectivity index (χ1v) is 12.4. The summed E-state index contributed by atoms with van der Waals surface area (Å²) in [5.74, 6) is -3.26. The third kappa shape index (κ3) is 5.95. The van der Waals surface area contributed by atoms with E-state index in [1.807, 2.05) is 23.1 Å². The van der Waals surface area contributed by atoms with Crippen LogP contribution in [-0.4, -0.2) is 71.3 Å². The van der Waals surface area contributed by atoms with Crippen molar-refractivity contribution >= 4 is 51.7 Å². The van der Waals surface area contributed by atoms with Crippen molar-refractivity contribution in [1.82, 2.24) is 15.2 Å². The summed E-state index contributed by atoms with van der Waals surface area (Å²) in [6.07, 6.45) is 6.56. The highest BCUT2D eigenvalue weighted by atomic mass is 35.5. The van der Waals surface area contributed by atoms with Crippen LogP contribution in [0.2, 0.25) is 5.02 Å². The summed E-state index contributed by atoms with van der Waals surface area (Å²) >= 11 is 6.12. The number of H-pyrrole nitrogens is 1. The number of nitrogens with zero attached hydrogens (tertiary/aromatic N) is 2. The Morgan fingerprint density at radius 2 is 1.89 bits per heavy atom. The molecule has 1 atom stereocenters. The fraction of sp³-hybridized carbons (Fsp3) is 0.296. The molecule has 37 heavy (non-hydrogen) atoms. The Morgan fingerprint density at radius 1 is 1.14 bits per heavy atom. The molecule has 0 saturated heterocycles. The van der Waals surface area contributed by atoms with Crippen LogP contribution in [0.15, 0.2) is 54.7 Å². The van der Waals surface area contributed by atoms with Gasteiger partial charge in [-0.2, -0.15) is 0 Å². The molecule has 0 saturated carbocycles. The minimum Gasteiger partial charge on any atom is -0.473 e. The Balaban J connectivity index is 0.000000480. The second-order valence-electron chi connectivity index (χ2n) is 8.99. The van der Waals surface area contributed by atoms with E-state index >= 15 is 0 Å². The molecule has 0 spiro atoms. The molecule has 1 unspecified atom stereocenters. The van der Waals surface area contributed by atoms with Crippen LogP contribution in [0.25, 0.3) is 16.5 Å². The normalized spacial score (nSPS) is 17.0. The van der Waals surface area contributed by atoms with Crippen LogP contribution < -0.4 is 10.2 Å². The van der Waals surface area contributed by atoms with Gasteiger partial charge in [0.25, 0.3) is 0 Å². The van der Waals surface area contributed by atoms with Gasteiger partial charge in [0.2, 0.25) is 0 Å². The van der Waals surface area contributed by atoms with E-state index in [9.17, 15) is 4.79 Å². The predicted molar refractivity (Wildman–Crippen MR) is 143 cm³/mol.